The highest BCUT2D eigenvalue weighted by molar-refractivity contribution is 5.08. The van der Waals surface area contributed by atoms with Crippen molar-refractivity contribution >= 4 is 0 Å². The van der Waals surface area contributed by atoms with Gasteiger partial charge < -0.3 is 10.5 Å². The zero-order valence-electron chi connectivity index (χ0n) is 8.68. The van der Waals surface area contributed by atoms with Crippen LogP contribution in [-0.4, -0.2) is 22.5 Å². The highest BCUT2D eigenvalue weighted by Gasteiger charge is 2.29. The van der Waals surface area contributed by atoms with Crippen LogP contribution in [0.5, 0.6) is 0 Å². The van der Waals surface area contributed by atoms with E-state index in [2.05, 4.69) is 12.0 Å². The first kappa shape index (κ1) is 9.68. The Balaban J connectivity index is 2.09. The first-order valence-corrected chi connectivity index (χ1v) is 5.03. The fraction of sp³-hybridized carbons (Fsp3) is 0.700. The Morgan fingerprint density at radius 1 is 1.71 bits per heavy atom. The predicted molar refractivity (Wildman–Crippen MR) is 53.7 cm³/mol. The van der Waals surface area contributed by atoms with Gasteiger partial charge in [-0.25, -0.2) is 0 Å². The maximum absolute atomic E-state index is 6.17. The van der Waals surface area contributed by atoms with E-state index < -0.39 is 0 Å². The van der Waals surface area contributed by atoms with Crippen molar-refractivity contribution < 1.29 is 4.74 Å². The molecule has 0 bridgehead atoms. The van der Waals surface area contributed by atoms with Gasteiger partial charge in [0.25, 0.3) is 0 Å². The minimum absolute atomic E-state index is 0.0486. The molecule has 14 heavy (non-hydrogen) atoms. The van der Waals surface area contributed by atoms with Crippen LogP contribution in [0.4, 0.5) is 0 Å². The molecular formula is C10H17N3O. The largest absolute Gasteiger partial charge is 0.378 e. The van der Waals surface area contributed by atoms with Crippen LogP contribution in [0.2, 0.25) is 0 Å². The van der Waals surface area contributed by atoms with E-state index in [1.165, 1.54) is 0 Å². The van der Waals surface area contributed by atoms with Crippen LogP contribution >= 0.6 is 0 Å². The van der Waals surface area contributed by atoms with Gasteiger partial charge in [0.15, 0.2) is 0 Å². The van der Waals surface area contributed by atoms with Gasteiger partial charge >= 0.3 is 0 Å². The quantitative estimate of drug-likeness (QED) is 0.761. The fourth-order valence-electron chi connectivity index (χ4n) is 2.05. The maximum atomic E-state index is 6.17. The number of aryl methyl sites for hydroxylation is 1. The molecule has 78 valence electrons. The summed E-state index contributed by atoms with van der Waals surface area (Å²) in [5.74, 6) is 0.431. The average Bonchev–Trinajstić information content (AvgIpc) is 2.73. The van der Waals surface area contributed by atoms with Gasteiger partial charge in [-0.15, -0.1) is 0 Å². The summed E-state index contributed by atoms with van der Waals surface area (Å²) in [5.41, 5.74) is 7.26. The molecule has 2 heterocycles. The molecule has 0 spiro atoms. The third-order valence-electron chi connectivity index (χ3n) is 2.94. The Kier molecular flexibility index (Phi) is 2.56. The third-order valence-corrected chi connectivity index (χ3v) is 2.94. The monoisotopic (exact) mass is 195 g/mol. The van der Waals surface area contributed by atoms with E-state index >= 15 is 0 Å². The molecule has 1 aliphatic heterocycles. The summed E-state index contributed by atoms with van der Waals surface area (Å²) in [6, 6.07) is 2.03. The Labute approximate surface area is 84.0 Å². The summed E-state index contributed by atoms with van der Waals surface area (Å²) in [6.07, 6.45) is 3.18. The third kappa shape index (κ3) is 1.67. The second-order valence-electron chi connectivity index (χ2n) is 4.05. The molecule has 1 saturated heterocycles. The molecule has 1 aliphatic rings. The SMILES string of the molecule is CC1CC(C(N)c2ccnn2C)CO1. The summed E-state index contributed by atoms with van der Waals surface area (Å²) in [7, 11) is 1.93. The normalized spacial score (nSPS) is 29.4. The molecule has 0 aliphatic carbocycles. The van der Waals surface area contributed by atoms with Crippen LogP contribution in [0.1, 0.15) is 25.1 Å². The van der Waals surface area contributed by atoms with Crippen LogP contribution in [0.15, 0.2) is 12.3 Å². The summed E-state index contributed by atoms with van der Waals surface area (Å²) < 4.78 is 7.36. The lowest BCUT2D eigenvalue weighted by atomic mass is 9.95. The lowest BCUT2D eigenvalue weighted by Gasteiger charge is -2.17. The van der Waals surface area contributed by atoms with Crippen molar-refractivity contribution in [1.82, 2.24) is 9.78 Å². The second kappa shape index (κ2) is 3.71. The van der Waals surface area contributed by atoms with Crippen molar-refractivity contribution in [1.29, 1.82) is 0 Å². The summed E-state index contributed by atoms with van der Waals surface area (Å²) in [5, 5.41) is 4.12. The molecule has 2 N–H and O–H groups in total. The molecule has 0 saturated carbocycles. The van der Waals surface area contributed by atoms with Crippen molar-refractivity contribution in [3.63, 3.8) is 0 Å². The van der Waals surface area contributed by atoms with E-state index in [0.717, 1.165) is 18.7 Å². The van der Waals surface area contributed by atoms with Crippen LogP contribution < -0.4 is 5.73 Å². The maximum Gasteiger partial charge on any atom is 0.0551 e. The first-order chi connectivity index (χ1) is 6.68. The van der Waals surface area contributed by atoms with Crippen molar-refractivity contribution in [2.24, 2.45) is 18.7 Å². The zero-order chi connectivity index (χ0) is 10.1. The molecule has 0 aromatic carbocycles. The number of hydrogen-bond donors (Lipinski definition) is 1. The lowest BCUT2D eigenvalue weighted by molar-refractivity contribution is 0.118. The van der Waals surface area contributed by atoms with E-state index in [1.54, 1.807) is 6.20 Å². The molecule has 0 amide bonds. The molecule has 4 heteroatoms. The van der Waals surface area contributed by atoms with Crippen molar-refractivity contribution in [2.75, 3.05) is 6.61 Å². The second-order valence-corrected chi connectivity index (χ2v) is 4.05. The van der Waals surface area contributed by atoms with Gasteiger partial charge in [-0.05, 0) is 19.4 Å². The summed E-state index contributed by atoms with van der Waals surface area (Å²) >= 11 is 0. The molecule has 1 aromatic rings. The number of hydrogen-bond acceptors (Lipinski definition) is 3. The Hall–Kier alpha value is -0.870. The molecule has 3 unspecified atom stereocenters. The number of nitrogens with two attached hydrogens (primary N) is 1. The van der Waals surface area contributed by atoms with Crippen LogP contribution in [0, 0.1) is 5.92 Å². The zero-order valence-corrected chi connectivity index (χ0v) is 8.68. The lowest BCUT2D eigenvalue weighted by Crippen LogP contribution is -2.24. The van der Waals surface area contributed by atoms with E-state index in [-0.39, 0.29) is 6.04 Å². The van der Waals surface area contributed by atoms with Gasteiger partial charge in [0.2, 0.25) is 0 Å². The highest BCUT2D eigenvalue weighted by atomic mass is 16.5. The summed E-state index contributed by atoms with van der Waals surface area (Å²) in [4.78, 5) is 0. The van der Waals surface area contributed by atoms with Crippen molar-refractivity contribution in [3.8, 4) is 0 Å². The molecule has 0 radical (unpaired) electrons. The topological polar surface area (TPSA) is 53.1 Å². The van der Waals surface area contributed by atoms with Crippen LogP contribution in [-0.2, 0) is 11.8 Å². The smallest absolute Gasteiger partial charge is 0.0551 e. The number of ether oxygens (including phenoxy) is 1. The predicted octanol–water partition coefficient (Wildman–Crippen LogP) is 0.845. The molecular weight excluding hydrogens is 178 g/mol. The van der Waals surface area contributed by atoms with E-state index in [0.29, 0.717) is 12.0 Å². The van der Waals surface area contributed by atoms with E-state index in [9.17, 15) is 0 Å². The van der Waals surface area contributed by atoms with Gasteiger partial charge in [-0.1, -0.05) is 0 Å². The Morgan fingerprint density at radius 3 is 3.00 bits per heavy atom. The van der Waals surface area contributed by atoms with Crippen LogP contribution in [0.3, 0.4) is 0 Å². The molecule has 4 nitrogen and oxygen atoms in total. The van der Waals surface area contributed by atoms with Gasteiger partial charge in [-0.3, -0.25) is 4.68 Å². The van der Waals surface area contributed by atoms with Crippen molar-refractivity contribution in [2.45, 2.75) is 25.5 Å². The highest BCUT2D eigenvalue weighted by Crippen LogP contribution is 2.29. The number of nitrogens with zero attached hydrogens (tertiary/aromatic N) is 2. The van der Waals surface area contributed by atoms with Crippen molar-refractivity contribution in [3.05, 3.63) is 18.0 Å². The van der Waals surface area contributed by atoms with Gasteiger partial charge in [-0.2, -0.15) is 5.10 Å². The average molecular weight is 195 g/mol. The van der Waals surface area contributed by atoms with E-state index in [4.69, 9.17) is 10.5 Å². The standard InChI is InChI=1S/C10H17N3O/c1-7-5-8(6-14-7)10(11)9-3-4-12-13(9)2/h3-4,7-8,10H,5-6,11H2,1-2H3. The minimum atomic E-state index is 0.0486. The molecule has 3 atom stereocenters. The summed E-state index contributed by atoms with van der Waals surface area (Å²) in [6.45, 7) is 2.86. The minimum Gasteiger partial charge on any atom is -0.378 e. The number of rotatable bonds is 2. The number of aromatic nitrogens is 2. The Morgan fingerprint density at radius 2 is 2.50 bits per heavy atom. The van der Waals surface area contributed by atoms with Gasteiger partial charge in [0.05, 0.1) is 24.4 Å². The molecule has 1 fully saturated rings. The Bertz CT molecular complexity index is 310. The first-order valence-electron chi connectivity index (χ1n) is 5.03. The van der Waals surface area contributed by atoms with Gasteiger partial charge in [0, 0.05) is 19.2 Å². The van der Waals surface area contributed by atoms with Gasteiger partial charge in [0.1, 0.15) is 0 Å². The fourth-order valence-corrected chi connectivity index (χ4v) is 2.05. The van der Waals surface area contributed by atoms with E-state index in [1.807, 2.05) is 17.8 Å². The molecule has 2 rings (SSSR count). The van der Waals surface area contributed by atoms with Crippen LogP contribution in [0.25, 0.3) is 0 Å². The molecule has 1 aromatic heterocycles.